The van der Waals surface area contributed by atoms with E-state index in [2.05, 4.69) is 25.3 Å². The molecule has 3 heterocycles. The quantitative estimate of drug-likeness (QED) is 0.788. The van der Waals surface area contributed by atoms with Gasteiger partial charge in [-0.15, -0.1) is 0 Å². The summed E-state index contributed by atoms with van der Waals surface area (Å²) in [5.41, 5.74) is 6.36. The van der Waals surface area contributed by atoms with Crippen LogP contribution in [0, 0.1) is 0 Å². The number of nitrogens with two attached hydrogens (primary N) is 1. The van der Waals surface area contributed by atoms with Gasteiger partial charge in [0.2, 0.25) is 5.82 Å². The number of ether oxygens (including phenoxy) is 2. The summed E-state index contributed by atoms with van der Waals surface area (Å²) in [6, 6.07) is 3.43. The Bertz CT molecular complexity index is 860. The number of carbonyl (C=O) groups is 1. The number of nitrogens with one attached hydrogen (secondary N) is 1. The van der Waals surface area contributed by atoms with Crippen molar-refractivity contribution in [3.63, 3.8) is 0 Å². The lowest BCUT2D eigenvalue weighted by Gasteiger charge is -2.36. The van der Waals surface area contributed by atoms with Crippen LogP contribution >= 0.6 is 11.8 Å². The minimum absolute atomic E-state index is 0.0338. The SMILES string of the molecule is COc1cnc(C(=O)Nc2ccnc([C@@]3(C)N=C(N)SCC3OC)c2)nc1. The molecular formula is C17H20N6O3S. The van der Waals surface area contributed by atoms with Crippen LogP contribution < -0.4 is 15.8 Å². The average Bonchev–Trinajstić information content (AvgIpc) is 2.68. The third-order valence-electron chi connectivity index (χ3n) is 4.24. The molecule has 142 valence electrons. The van der Waals surface area contributed by atoms with Gasteiger partial charge in [-0.25, -0.2) is 15.0 Å². The van der Waals surface area contributed by atoms with Crippen molar-refractivity contribution in [2.24, 2.45) is 10.7 Å². The van der Waals surface area contributed by atoms with Crippen LogP contribution in [-0.4, -0.2) is 52.1 Å². The molecule has 0 saturated carbocycles. The molecule has 2 aromatic heterocycles. The largest absolute Gasteiger partial charge is 0.494 e. The Balaban J connectivity index is 1.84. The summed E-state index contributed by atoms with van der Waals surface area (Å²) >= 11 is 1.44. The van der Waals surface area contributed by atoms with Crippen LogP contribution in [0.15, 0.2) is 35.7 Å². The number of anilines is 1. The number of aliphatic imine (C=N–C) groups is 1. The van der Waals surface area contributed by atoms with Gasteiger partial charge >= 0.3 is 0 Å². The Hall–Kier alpha value is -2.72. The number of pyridine rings is 1. The van der Waals surface area contributed by atoms with Crippen molar-refractivity contribution < 1.29 is 14.3 Å². The molecule has 2 aromatic rings. The molecule has 10 heteroatoms. The normalized spacial score (nSPS) is 22.0. The van der Waals surface area contributed by atoms with Gasteiger partial charge in [-0.1, -0.05) is 11.8 Å². The summed E-state index contributed by atoms with van der Waals surface area (Å²) in [5.74, 6) is 0.735. The number of hydrogen-bond donors (Lipinski definition) is 2. The van der Waals surface area contributed by atoms with E-state index >= 15 is 0 Å². The maximum Gasteiger partial charge on any atom is 0.293 e. The first kappa shape index (κ1) is 19.1. The van der Waals surface area contributed by atoms with E-state index in [4.69, 9.17) is 15.2 Å². The first-order valence-corrected chi connectivity index (χ1v) is 9.09. The van der Waals surface area contributed by atoms with Crippen LogP contribution in [0.3, 0.4) is 0 Å². The summed E-state index contributed by atoms with van der Waals surface area (Å²) in [7, 11) is 3.14. The van der Waals surface area contributed by atoms with Crippen molar-refractivity contribution in [2.75, 3.05) is 25.3 Å². The zero-order chi connectivity index (χ0) is 19.4. The lowest BCUT2D eigenvalue weighted by Crippen LogP contribution is -2.43. The molecule has 3 N–H and O–H groups in total. The molecule has 3 rings (SSSR count). The molecule has 0 spiro atoms. The molecule has 1 aliphatic heterocycles. The highest BCUT2D eigenvalue weighted by Crippen LogP contribution is 2.36. The number of hydrogen-bond acceptors (Lipinski definition) is 9. The molecular weight excluding hydrogens is 368 g/mol. The Kier molecular flexibility index (Phi) is 5.57. The van der Waals surface area contributed by atoms with Crippen molar-refractivity contribution in [2.45, 2.75) is 18.6 Å². The number of carbonyl (C=O) groups excluding carboxylic acids is 1. The Morgan fingerprint density at radius 2 is 2.07 bits per heavy atom. The minimum atomic E-state index is -0.749. The second kappa shape index (κ2) is 7.89. The van der Waals surface area contributed by atoms with Gasteiger partial charge in [0.1, 0.15) is 5.54 Å². The highest BCUT2D eigenvalue weighted by Gasteiger charge is 2.40. The number of rotatable bonds is 5. The van der Waals surface area contributed by atoms with Gasteiger partial charge in [0.15, 0.2) is 10.9 Å². The average molecular weight is 388 g/mol. The number of amides is 1. The van der Waals surface area contributed by atoms with Gasteiger partial charge < -0.3 is 20.5 Å². The van der Waals surface area contributed by atoms with Gasteiger partial charge in [0.25, 0.3) is 5.91 Å². The van der Waals surface area contributed by atoms with Gasteiger partial charge in [-0.3, -0.25) is 9.78 Å². The van der Waals surface area contributed by atoms with E-state index in [1.165, 1.54) is 31.3 Å². The van der Waals surface area contributed by atoms with Crippen LogP contribution in [0.1, 0.15) is 23.2 Å². The first-order chi connectivity index (χ1) is 13.0. The molecule has 0 saturated heterocycles. The predicted octanol–water partition coefficient (Wildman–Crippen LogP) is 1.42. The zero-order valence-corrected chi connectivity index (χ0v) is 16.0. The highest BCUT2D eigenvalue weighted by atomic mass is 32.2. The van der Waals surface area contributed by atoms with Crippen molar-refractivity contribution in [3.8, 4) is 5.75 Å². The topological polar surface area (TPSA) is 125 Å². The lowest BCUT2D eigenvalue weighted by molar-refractivity contribution is 0.0576. The van der Waals surface area contributed by atoms with Gasteiger partial charge in [-0.05, 0) is 19.1 Å². The predicted molar refractivity (Wildman–Crippen MR) is 103 cm³/mol. The molecule has 0 bridgehead atoms. The smallest absolute Gasteiger partial charge is 0.293 e. The molecule has 0 fully saturated rings. The fourth-order valence-electron chi connectivity index (χ4n) is 2.69. The molecule has 27 heavy (non-hydrogen) atoms. The van der Waals surface area contributed by atoms with Gasteiger partial charge in [0.05, 0.1) is 31.3 Å². The van der Waals surface area contributed by atoms with E-state index in [1.54, 1.807) is 25.4 Å². The van der Waals surface area contributed by atoms with Gasteiger partial charge in [0, 0.05) is 24.7 Å². The fraction of sp³-hybridized carbons (Fsp3) is 0.353. The fourth-order valence-corrected chi connectivity index (χ4v) is 3.72. The standard InChI is InChI=1S/C17H20N6O3S/c1-17(13(26-3)9-27-16(18)23-17)12-6-10(4-5-19-12)22-15(24)14-20-7-11(25-2)8-21-14/h4-8,13H,9H2,1-3H3,(H2,18,23)(H,19,22,24)/t13?,17-/m1/s1. The van der Waals surface area contributed by atoms with Crippen LogP contribution in [0.25, 0.3) is 0 Å². The maximum absolute atomic E-state index is 12.4. The van der Waals surface area contributed by atoms with E-state index in [0.29, 0.717) is 28.1 Å². The monoisotopic (exact) mass is 388 g/mol. The second-order valence-corrected chi connectivity index (χ2v) is 7.00. The molecule has 0 radical (unpaired) electrons. The molecule has 9 nitrogen and oxygen atoms in total. The van der Waals surface area contributed by atoms with Crippen LogP contribution in [0.2, 0.25) is 0 Å². The summed E-state index contributed by atoms with van der Waals surface area (Å²) in [6.45, 7) is 1.91. The zero-order valence-electron chi connectivity index (χ0n) is 15.2. The summed E-state index contributed by atoms with van der Waals surface area (Å²) < 4.78 is 10.6. The molecule has 2 atom stereocenters. The van der Waals surface area contributed by atoms with Gasteiger partial charge in [-0.2, -0.15) is 0 Å². The molecule has 0 aliphatic carbocycles. The molecule has 0 aromatic carbocycles. The molecule has 1 amide bonds. The van der Waals surface area contributed by atoms with Crippen LogP contribution in [-0.2, 0) is 10.3 Å². The molecule has 1 unspecified atom stereocenters. The molecule has 1 aliphatic rings. The number of aromatic nitrogens is 3. The maximum atomic E-state index is 12.4. The Morgan fingerprint density at radius 1 is 1.33 bits per heavy atom. The van der Waals surface area contributed by atoms with Crippen molar-refractivity contribution in [3.05, 3.63) is 42.2 Å². The summed E-state index contributed by atoms with van der Waals surface area (Å²) in [4.78, 5) is 29.3. The van der Waals surface area contributed by atoms with E-state index in [0.717, 1.165) is 0 Å². The third kappa shape index (κ3) is 4.01. The number of methoxy groups -OCH3 is 2. The lowest BCUT2D eigenvalue weighted by atomic mass is 9.91. The second-order valence-electron chi connectivity index (χ2n) is 5.96. The van der Waals surface area contributed by atoms with Crippen molar-refractivity contribution in [1.29, 1.82) is 0 Å². The minimum Gasteiger partial charge on any atom is -0.494 e. The van der Waals surface area contributed by atoms with Crippen LogP contribution in [0.4, 0.5) is 5.69 Å². The Morgan fingerprint density at radius 3 is 2.74 bits per heavy atom. The van der Waals surface area contributed by atoms with E-state index in [-0.39, 0.29) is 11.9 Å². The number of nitrogens with zero attached hydrogens (tertiary/aromatic N) is 4. The van der Waals surface area contributed by atoms with Crippen molar-refractivity contribution >= 4 is 28.5 Å². The summed E-state index contributed by atoms with van der Waals surface area (Å²) in [5, 5.41) is 3.25. The highest BCUT2D eigenvalue weighted by molar-refractivity contribution is 8.13. The van der Waals surface area contributed by atoms with Crippen LogP contribution in [0.5, 0.6) is 5.75 Å². The van der Waals surface area contributed by atoms with E-state index in [1.807, 2.05) is 6.92 Å². The number of thioether (sulfide) groups is 1. The van der Waals surface area contributed by atoms with E-state index in [9.17, 15) is 4.79 Å². The van der Waals surface area contributed by atoms with Crippen molar-refractivity contribution in [1.82, 2.24) is 15.0 Å². The number of amidine groups is 1. The summed E-state index contributed by atoms with van der Waals surface area (Å²) in [6.07, 6.45) is 4.27. The van der Waals surface area contributed by atoms with E-state index < -0.39 is 11.4 Å². The third-order valence-corrected chi connectivity index (χ3v) is 5.10. The first-order valence-electron chi connectivity index (χ1n) is 8.11. The Labute approximate surface area is 160 Å².